The molecule has 0 spiro atoms. The maximum absolute atomic E-state index is 12.2. The molecule has 1 aromatic carbocycles. The van der Waals surface area contributed by atoms with Gasteiger partial charge < -0.3 is 10.1 Å². The summed E-state index contributed by atoms with van der Waals surface area (Å²) in [5.41, 5.74) is 1.61. The van der Waals surface area contributed by atoms with Crippen molar-refractivity contribution in [3.8, 4) is 5.75 Å². The van der Waals surface area contributed by atoms with Crippen LogP contribution < -0.4 is 10.1 Å². The van der Waals surface area contributed by atoms with Crippen molar-refractivity contribution in [2.75, 3.05) is 5.32 Å². The molecule has 4 rings (SSSR count). The van der Waals surface area contributed by atoms with E-state index in [0.717, 1.165) is 10.7 Å². The third-order valence-electron chi connectivity index (χ3n) is 3.45. The van der Waals surface area contributed by atoms with Gasteiger partial charge in [-0.15, -0.1) is 21.5 Å². The summed E-state index contributed by atoms with van der Waals surface area (Å²) in [4.78, 5) is 17.3. The number of ether oxygens (including phenoxy) is 1. The Balaban J connectivity index is 1.34. The van der Waals surface area contributed by atoms with E-state index in [-0.39, 0.29) is 18.9 Å². The normalized spacial score (nSPS) is 10.9. The van der Waals surface area contributed by atoms with Gasteiger partial charge in [0.25, 0.3) is 0 Å². The summed E-state index contributed by atoms with van der Waals surface area (Å²) in [5, 5.41) is 18.2. The van der Waals surface area contributed by atoms with Gasteiger partial charge in [-0.05, 0) is 24.3 Å². The Morgan fingerprint density at radius 3 is 3.00 bits per heavy atom. The van der Waals surface area contributed by atoms with Gasteiger partial charge in [0.15, 0.2) is 11.6 Å². The summed E-state index contributed by atoms with van der Waals surface area (Å²) in [6, 6.07) is 7.11. The van der Waals surface area contributed by atoms with Crippen LogP contribution in [-0.4, -0.2) is 35.9 Å². The molecule has 9 nitrogen and oxygen atoms in total. The predicted molar refractivity (Wildman–Crippen MR) is 90.4 cm³/mol. The van der Waals surface area contributed by atoms with Gasteiger partial charge in [0, 0.05) is 29.2 Å². The second-order valence-electron chi connectivity index (χ2n) is 5.17. The molecule has 2 N–H and O–H groups in total. The van der Waals surface area contributed by atoms with Crippen molar-refractivity contribution in [3.63, 3.8) is 0 Å². The van der Waals surface area contributed by atoms with Crippen molar-refractivity contribution in [1.29, 1.82) is 0 Å². The Bertz CT molecular complexity index is 975. The highest BCUT2D eigenvalue weighted by atomic mass is 32.1. The number of hydrogen-bond acceptors (Lipinski definition) is 7. The van der Waals surface area contributed by atoms with Crippen LogP contribution in [0.1, 0.15) is 11.5 Å². The lowest BCUT2D eigenvalue weighted by Gasteiger charge is -2.07. The SMILES string of the molecule is O=C(Cc1csc2nccn12)Nc1ccc(OCc2nn[nH]n2)cc1. The van der Waals surface area contributed by atoms with Crippen LogP contribution in [0.3, 0.4) is 0 Å². The zero-order valence-corrected chi connectivity index (χ0v) is 13.7. The van der Waals surface area contributed by atoms with Gasteiger partial charge in [0.05, 0.1) is 6.42 Å². The maximum atomic E-state index is 12.2. The average molecular weight is 355 g/mol. The third kappa shape index (κ3) is 3.48. The summed E-state index contributed by atoms with van der Waals surface area (Å²) >= 11 is 1.51. The maximum Gasteiger partial charge on any atom is 0.230 e. The number of nitrogens with one attached hydrogen (secondary N) is 2. The van der Waals surface area contributed by atoms with Gasteiger partial charge >= 0.3 is 0 Å². The number of tetrazole rings is 1. The number of thiazole rings is 1. The van der Waals surface area contributed by atoms with Crippen LogP contribution in [0.25, 0.3) is 4.96 Å². The predicted octanol–water partition coefficient (Wildman–Crippen LogP) is 1.67. The number of amides is 1. The number of benzene rings is 1. The molecule has 0 fully saturated rings. The van der Waals surface area contributed by atoms with Crippen molar-refractivity contribution in [1.82, 2.24) is 30.0 Å². The molecule has 0 atom stereocenters. The molecule has 0 aliphatic carbocycles. The van der Waals surface area contributed by atoms with Crippen LogP contribution in [0.5, 0.6) is 5.75 Å². The van der Waals surface area contributed by atoms with E-state index in [9.17, 15) is 4.79 Å². The number of aromatic amines is 1. The highest BCUT2D eigenvalue weighted by Crippen LogP contribution is 2.18. The number of H-pyrrole nitrogens is 1. The number of rotatable bonds is 6. The molecule has 0 radical (unpaired) electrons. The Morgan fingerprint density at radius 1 is 1.32 bits per heavy atom. The van der Waals surface area contributed by atoms with Crippen molar-refractivity contribution in [3.05, 3.63) is 53.6 Å². The quantitative estimate of drug-likeness (QED) is 0.544. The minimum Gasteiger partial charge on any atom is -0.485 e. The molecule has 4 aromatic rings. The summed E-state index contributed by atoms with van der Waals surface area (Å²) in [6.07, 6.45) is 3.86. The lowest BCUT2D eigenvalue weighted by atomic mass is 10.2. The molecule has 3 aromatic heterocycles. The number of hydrogen-bond donors (Lipinski definition) is 2. The fourth-order valence-corrected chi connectivity index (χ4v) is 3.15. The van der Waals surface area contributed by atoms with Gasteiger partial charge in [-0.1, -0.05) is 5.21 Å². The van der Waals surface area contributed by atoms with E-state index in [1.165, 1.54) is 11.3 Å². The zero-order chi connectivity index (χ0) is 17.1. The number of imidazole rings is 1. The third-order valence-corrected chi connectivity index (χ3v) is 4.36. The van der Waals surface area contributed by atoms with E-state index in [4.69, 9.17) is 4.74 Å². The van der Waals surface area contributed by atoms with E-state index >= 15 is 0 Å². The van der Waals surface area contributed by atoms with Crippen LogP contribution in [0.15, 0.2) is 42.0 Å². The highest BCUT2D eigenvalue weighted by Gasteiger charge is 2.10. The van der Waals surface area contributed by atoms with E-state index < -0.39 is 0 Å². The fourth-order valence-electron chi connectivity index (χ4n) is 2.30. The number of carbonyl (C=O) groups excluding carboxylic acids is 1. The van der Waals surface area contributed by atoms with E-state index in [2.05, 4.69) is 30.9 Å². The monoisotopic (exact) mass is 355 g/mol. The van der Waals surface area contributed by atoms with Crippen molar-refractivity contribution in [2.45, 2.75) is 13.0 Å². The van der Waals surface area contributed by atoms with Crippen LogP contribution >= 0.6 is 11.3 Å². The minimum atomic E-state index is -0.0890. The molecular weight excluding hydrogens is 342 g/mol. The van der Waals surface area contributed by atoms with Crippen LogP contribution in [0.2, 0.25) is 0 Å². The van der Waals surface area contributed by atoms with Crippen LogP contribution in [0.4, 0.5) is 5.69 Å². The minimum absolute atomic E-state index is 0.0890. The van der Waals surface area contributed by atoms with Gasteiger partial charge in [-0.25, -0.2) is 4.98 Å². The Kier molecular flexibility index (Phi) is 4.09. The molecule has 0 aliphatic heterocycles. The Labute approximate surface area is 145 Å². The second-order valence-corrected chi connectivity index (χ2v) is 6.01. The number of carbonyl (C=O) groups is 1. The molecule has 10 heteroatoms. The highest BCUT2D eigenvalue weighted by molar-refractivity contribution is 7.15. The fraction of sp³-hybridized carbons (Fsp3) is 0.133. The van der Waals surface area contributed by atoms with Crippen LogP contribution in [-0.2, 0) is 17.8 Å². The first-order valence-electron chi connectivity index (χ1n) is 7.42. The van der Waals surface area contributed by atoms with E-state index in [1.54, 1.807) is 30.5 Å². The summed E-state index contributed by atoms with van der Waals surface area (Å²) in [5.74, 6) is 1.04. The van der Waals surface area contributed by atoms with Crippen LogP contribution in [0, 0.1) is 0 Å². The number of fused-ring (bicyclic) bond motifs is 1. The molecule has 0 aliphatic rings. The Hall–Kier alpha value is -3.27. The smallest absolute Gasteiger partial charge is 0.230 e. The first-order valence-corrected chi connectivity index (χ1v) is 8.30. The zero-order valence-electron chi connectivity index (χ0n) is 12.9. The van der Waals surface area contributed by atoms with E-state index in [1.807, 2.05) is 16.0 Å². The molecule has 0 unspecified atom stereocenters. The molecule has 1 amide bonds. The largest absolute Gasteiger partial charge is 0.485 e. The lowest BCUT2D eigenvalue weighted by molar-refractivity contribution is -0.115. The molecular formula is C15H13N7O2S. The van der Waals surface area contributed by atoms with Crippen molar-refractivity contribution < 1.29 is 9.53 Å². The summed E-state index contributed by atoms with van der Waals surface area (Å²) in [6.45, 7) is 0.223. The number of nitrogens with zero attached hydrogens (tertiary/aromatic N) is 5. The molecule has 0 bridgehead atoms. The Morgan fingerprint density at radius 2 is 2.20 bits per heavy atom. The van der Waals surface area contributed by atoms with Gasteiger partial charge in [-0.2, -0.15) is 5.21 Å². The van der Waals surface area contributed by atoms with E-state index in [0.29, 0.717) is 17.3 Å². The topological polar surface area (TPSA) is 110 Å². The molecule has 126 valence electrons. The average Bonchev–Trinajstić information content (AvgIpc) is 3.34. The number of anilines is 1. The molecule has 25 heavy (non-hydrogen) atoms. The second kappa shape index (κ2) is 6.69. The van der Waals surface area contributed by atoms with Gasteiger partial charge in [0.2, 0.25) is 11.7 Å². The van der Waals surface area contributed by atoms with Crippen molar-refractivity contribution >= 4 is 27.9 Å². The summed E-state index contributed by atoms with van der Waals surface area (Å²) in [7, 11) is 0. The molecule has 3 heterocycles. The first-order chi connectivity index (χ1) is 12.3. The standard InChI is InChI=1S/C15H13N7O2S/c23-14(7-11-9-25-15-16-5-6-22(11)15)17-10-1-3-12(4-2-10)24-8-13-18-20-21-19-13/h1-6,9H,7-8H2,(H,17,23)(H,18,19,20,21). The van der Waals surface area contributed by atoms with Gasteiger partial charge in [0.1, 0.15) is 5.75 Å². The molecule has 0 saturated carbocycles. The van der Waals surface area contributed by atoms with Gasteiger partial charge in [-0.3, -0.25) is 9.20 Å². The number of aromatic nitrogens is 6. The van der Waals surface area contributed by atoms with Crippen molar-refractivity contribution in [2.24, 2.45) is 0 Å². The lowest BCUT2D eigenvalue weighted by Crippen LogP contribution is -2.15. The summed E-state index contributed by atoms with van der Waals surface area (Å²) < 4.78 is 7.44. The first kappa shape index (κ1) is 15.3. The molecule has 0 saturated heterocycles.